The zero-order valence-corrected chi connectivity index (χ0v) is 8.77. The average molecular weight is 209 g/mol. The normalized spacial score (nSPS) is 11.9. The first kappa shape index (κ1) is 13.3. The zero-order valence-electron chi connectivity index (χ0n) is 8.77. The van der Waals surface area contributed by atoms with Crippen LogP contribution in [0.25, 0.3) is 0 Å². The number of nitrogens with one attached hydrogen (secondary N) is 1. The van der Waals surface area contributed by atoms with Gasteiger partial charge in [0.2, 0.25) is 0 Å². The minimum Gasteiger partial charge on any atom is -0.356 e. The van der Waals surface area contributed by atoms with Crippen LogP contribution in [-0.4, -0.2) is 24.7 Å². The lowest BCUT2D eigenvalue weighted by Gasteiger charge is -2.26. The molecular formula is C9H17F2NO2. The molecule has 0 saturated heterocycles. The summed E-state index contributed by atoms with van der Waals surface area (Å²) in [6, 6.07) is 0. The molecule has 0 rings (SSSR count). The van der Waals surface area contributed by atoms with Gasteiger partial charge in [0.25, 0.3) is 5.91 Å². The lowest BCUT2D eigenvalue weighted by Crippen LogP contribution is -2.48. The number of amides is 1. The van der Waals surface area contributed by atoms with E-state index in [0.717, 1.165) is 12.8 Å². The minimum atomic E-state index is -3.00. The van der Waals surface area contributed by atoms with E-state index in [1.807, 2.05) is 6.92 Å². The van der Waals surface area contributed by atoms with Gasteiger partial charge >= 0.3 is 6.43 Å². The fraction of sp³-hybridized carbons (Fsp3) is 0.889. The number of hydrogen-bond donors (Lipinski definition) is 1. The number of unbranched alkanes of at least 4 members (excludes halogenated alkanes) is 1. The molecule has 0 spiro atoms. The largest absolute Gasteiger partial charge is 0.356 e. The van der Waals surface area contributed by atoms with Crippen molar-refractivity contribution in [2.75, 3.05) is 6.61 Å². The molecule has 0 aromatic heterocycles. The number of ether oxygens (including phenoxy) is 1. The van der Waals surface area contributed by atoms with Crippen molar-refractivity contribution in [3.05, 3.63) is 0 Å². The van der Waals surface area contributed by atoms with E-state index >= 15 is 0 Å². The molecule has 0 radical (unpaired) electrons. The zero-order chi connectivity index (χ0) is 11.2. The molecule has 0 atom stereocenters. The third-order valence-corrected chi connectivity index (χ3v) is 1.58. The second-order valence-electron chi connectivity index (χ2n) is 3.50. The molecule has 0 bridgehead atoms. The van der Waals surface area contributed by atoms with Crippen molar-refractivity contribution in [1.29, 1.82) is 0 Å². The van der Waals surface area contributed by atoms with Gasteiger partial charge in [-0.15, -0.1) is 0 Å². The fourth-order valence-corrected chi connectivity index (χ4v) is 0.859. The van der Waals surface area contributed by atoms with E-state index in [4.69, 9.17) is 4.74 Å². The molecule has 0 saturated carbocycles. The molecule has 5 heteroatoms. The van der Waals surface area contributed by atoms with Gasteiger partial charge in [-0.1, -0.05) is 13.3 Å². The molecule has 0 aliphatic heterocycles. The summed E-state index contributed by atoms with van der Waals surface area (Å²) in [6.07, 6.45) is -1.20. The quantitative estimate of drug-likeness (QED) is 0.536. The molecule has 0 unspecified atom stereocenters. The Labute approximate surface area is 82.8 Å². The average Bonchev–Trinajstić information content (AvgIpc) is 2.03. The maximum absolute atomic E-state index is 11.9. The third-order valence-electron chi connectivity index (χ3n) is 1.58. The molecule has 0 heterocycles. The van der Waals surface area contributed by atoms with Crippen LogP contribution in [-0.2, 0) is 9.53 Å². The molecule has 1 N–H and O–H groups in total. The molecule has 84 valence electrons. The van der Waals surface area contributed by atoms with E-state index in [1.54, 1.807) is 13.8 Å². The van der Waals surface area contributed by atoms with E-state index in [0.29, 0.717) is 6.61 Å². The lowest BCUT2D eigenvalue weighted by atomic mass is 10.3. The first-order valence-electron chi connectivity index (χ1n) is 4.63. The second kappa shape index (κ2) is 5.90. The van der Waals surface area contributed by atoms with Crippen molar-refractivity contribution in [2.24, 2.45) is 0 Å². The van der Waals surface area contributed by atoms with Crippen LogP contribution in [0.2, 0.25) is 0 Å². The Morgan fingerprint density at radius 3 is 2.50 bits per heavy atom. The number of hydrogen-bond acceptors (Lipinski definition) is 2. The Morgan fingerprint density at radius 2 is 2.07 bits per heavy atom. The highest BCUT2D eigenvalue weighted by molar-refractivity contribution is 5.79. The summed E-state index contributed by atoms with van der Waals surface area (Å²) in [4.78, 5) is 10.7. The summed E-state index contributed by atoms with van der Waals surface area (Å²) >= 11 is 0. The van der Waals surface area contributed by atoms with Crippen LogP contribution >= 0.6 is 0 Å². The lowest BCUT2D eigenvalue weighted by molar-refractivity contribution is -0.141. The van der Waals surface area contributed by atoms with Gasteiger partial charge in [-0.3, -0.25) is 4.79 Å². The Bertz CT molecular complexity index is 184. The standard InChI is InChI=1S/C9H17F2NO2/c1-4-5-6-14-9(2,3)12-8(13)7(10)11/h7H,4-6H2,1-3H3,(H,12,13). The topological polar surface area (TPSA) is 38.3 Å². The maximum atomic E-state index is 11.9. The number of halogens is 2. The van der Waals surface area contributed by atoms with Crippen molar-refractivity contribution in [1.82, 2.24) is 5.32 Å². The Morgan fingerprint density at radius 1 is 1.50 bits per heavy atom. The Hall–Kier alpha value is -0.710. The summed E-state index contributed by atoms with van der Waals surface area (Å²) in [7, 11) is 0. The molecule has 0 aliphatic carbocycles. The van der Waals surface area contributed by atoms with Gasteiger partial charge in [-0.05, 0) is 20.3 Å². The van der Waals surface area contributed by atoms with Crippen LogP contribution in [0, 0.1) is 0 Å². The highest BCUT2D eigenvalue weighted by Crippen LogP contribution is 2.07. The van der Waals surface area contributed by atoms with Crippen molar-refractivity contribution in [2.45, 2.75) is 45.8 Å². The van der Waals surface area contributed by atoms with Crippen molar-refractivity contribution >= 4 is 5.91 Å². The van der Waals surface area contributed by atoms with Crippen LogP contribution in [0.3, 0.4) is 0 Å². The highest BCUT2D eigenvalue weighted by atomic mass is 19.3. The van der Waals surface area contributed by atoms with E-state index < -0.39 is 18.1 Å². The second-order valence-corrected chi connectivity index (χ2v) is 3.50. The summed E-state index contributed by atoms with van der Waals surface area (Å²) in [6.45, 7) is 5.53. The van der Waals surface area contributed by atoms with Gasteiger partial charge in [0.05, 0.1) is 0 Å². The van der Waals surface area contributed by atoms with Crippen molar-refractivity contribution in [3.8, 4) is 0 Å². The molecule has 0 fully saturated rings. The first-order chi connectivity index (χ1) is 6.39. The number of carbonyl (C=O) groups is 1. The van der Waals surface area contributed by atoms with E-state index in [2.05, 4.69) is 5.32 Å². The minimum absolute atomic E-state index is 0.451. The van der Waals surface area contributed by atoms with Gasteiger partial charge in [0.15, 0.2) is 0 Å². The van der Waals surface area contributed by atoms with Gasteiger partial charge in [0.1, 0.15) is 5.72 Å². The SMILES string of the molecule is CCCCOC(C)(C)NC(=O)C(F)F. The monoisotopic (exact) mass is 209 g/mol. The summed E-state index contributed by atoms with van der Waals surface area (Å²) < 4.78 is 29.0. The van der Waals surface area contributed by atoms with Crippen LogP contribution in [0.5, 0.6) is 0 Å². The summed E-state index contributed by atoms with van der Waals surface area (Å²) in [5.74, 6) is -1.30. The number of carbonyl (C=O) groups excluding carboxylic acids is 1. The van der Waals surface area contributed by atoms with Gasteiger partial charge in [-0.25, -0.2) is 0 Å². The van der Waals surface area contributed by atoms with E-state index in [1.165, 1.54) is 0 Å². The summed E-state index contributed by atoms with van der Waals surface area (Å²) in [5.41, 5.74) is -1.03. The predicted molar refractivity (Wildman–Crippen MR) is 49.1 cm³/mol. The van der Waals surface area contributed by atoms with E-state index in [9.17, 15) is 13.6 Å². The molecule has 0 aromatic rings. The van der Waals surface area contributed by atoms with Crippen molar-refractivity contribution in [3.63, 3.8) is 0 Å². The molecular weight excluding hydrogens is 192 g/mol. The first-order valence-corrected chi connectivity index (χ1v) is 4.63. The molecule has 0 aliphatic rings. The van der Waals surface area contributed by atoms with Gasteiger partial charge in [-0.2, -0.15) is 8.78 Å². The maximum Gasteiger partial charge on any atom is 0.315 e. The number of rotatable bonds is 6. The van der Waals surface area contributed by atoms with Gasteiger partial charge in [0, 0.05) is 6.61 Å². The fourth-order valence-electron chi connectivity index (χ4n) is 0.859. The van der Waals surface area contributed by atoms with Crippen molar-refractivity contribution < 1.29 is 18.3 Å². The number of alkyl halides is 2. The molecule has 14 heavy (non-hydrogen) atoms. The smallest absolute Gasteiger partial charge is 0.315 e. The highest BCUT2D eigenvalue weighted by Gasteiger charge is 2.25. The van der Waals surface area contributed by atoms with E-state index in [-0.39, 0.29) is 0 Å². The molecule has 3 nitrogen and oxygen atoms in total. The van der Waals surface area contributed by atoms with Gasteiger partial charge < -0.3 is 10.1 Å². The predicted octanol–water partition coefficient (Wildman–Crippen LogP) is 1.92. The molecule has 0 aromatic carbocycles. The Balaban J connectivity index is 3.87. The van der Waals surface area contributed by atoms with Crippen LogP contribution in [0.15, 0.2) is 0 Å². The van der Waals surface area contributed by atoms with Crippen LogP contribution in [0.1, 0.15) is 33.6 Å². The van der Waals surface area contributed by atoms with Crippen LogP contribution in [0.4, 0.5) is 8.78 Å². The summed E-state index contributed by atoms with van der Waals surface area (Å²) in [5, 5.41) is 2.10. The third kappa shape index (κ3) is 5.85. The van der Waals surface area contributed by atoms with Crippen LogP contribution < -0.4 is 5.32 Å². The Kier molecular flexibility index (Phi) is 5.60. The molecule has 1 amide bonds.